The molecule has 0 aliphatic carbocycles. The Morgan fingerprint density at radius 3 is 2.63 bits per heavy atom. The number of fused-ring (bicyclic) bond motifs is 1. The minimum Gasteiger partial charge on any atom is -0.352 e. The van der Waals surface area contributed by atoms with E-state index in [4.69, 9.17) is 11.6 Å². The van der Waals surface area contributed by atoms with Crippen LogP contribution in [-0.2, 0) is 0 Å². The fourth-order valence-electron chi connectivity index (χ4n) is 2.99. The van der Waals surface area contributed by atoms with Crippen molar-refractivity contribution >= 4 is 28.2 Å². The van der Waals surface area contributed by atoms with Gasteiger partial charge in [-0.25, -0.2) is 0 Å². The Bertz CT molecular complexity index is 599. The van der Waals surface area contributed by atoms with Gasteiger partial charge < -0.3 is 4.90 Å². The Hall–Kier alpha value is -1.35. The van der Waals surface area contributed by atoms with Crippen LogP contribution in [0.4, 0.5) is 5.82 Å². The highest BCUT2D eigenvalue weighted by Crippen LogP contribution is 2.32. The van der Waals surface area contributed by atoms with Gasteiger partial charge in [-0.2, -0.15) is 0 Å². The first-order valence-electron chi connectivity index (χ1n) is 6.84. The van der Waals surface area contributed by atoms with E-state index in [-0.39, 0.29) is 0 Å². The molecule has 0 amide bonds. The highest BCUT2D eigenvalue weighted by molar-refractivity contribution is 6.34. The lowest BCUT2D eigenvalue weighted by molar-refractivity contribution is 0.376. The lowest BCUT2D eigenvalue weighted by Crippen LogP contribution is -2.41. The van der Waals surface area contributed by atoms with E-state index in [0.717, 1.165) is 29.1 Å². The first-order chi connectivity index (χ1) is 9.16. The topological polar surface area (TPSA) is 29.0 Å². The molecule has 2 atom stereocenters. The van der Waals surface area contributed by atoms with Crippen LogP contribution >= 0.6 is 11.6 Å². The zero-order valence-electron chi connectivity index (χ0n) is 11.3. The molecule has 100 valence electrons. The highest BCUT2D eigenvalue weighted by Gasteiger charge is 2.25. The predicted molar refractivity (Wildman–Crippen MR) is 79.8 cm³/mol. The first kappa shape index (κ1) is 12.7. The molecule has 1 saturated heterocycles. The molecule has 2 aromatic rings. The van der Waals surface area contributed by atoms with Crippen molar-refractivity contribution in [3.63, 3.8) is 0 Å². The summed E-state index contributed by atoms with van der Waals surface area (Å²) in [6.45, 7) is 5.63. The average Bonchev–Trinajstić information content (AvgIpc) is 2.41. The van der Waals surface area contributed by atoms with Crippen LogP contribution in [0.3, 0.4) is 0 Å². The second-order valence-corrected chi connectivity index (χ2v) is 5.89. The number of aromatic nitrogens is 2. The molecule has 1 fully saturated rings. The van der Waals surface area contributed by atoms with Gasteiger partial charge in [0.05, 0.1) is 0 Å². The van der Waals surface area contributed by atoms with Crippen LogP contribution in [-0.4, -0.2) is 22.8 Å². The molecule has 4 heteroatoms. The third-order valence-corrected chi connectivity index (χ3v) is 4.31. The summed E-state index contributed by atoms with van der Waals surface area (Å²) in [6, 6.07) is 8.61. The lowest BCUT2D eigenvalue weighted by atomic mass is 9.93. The number of hydrogen-bond donors (Lipinski definition) is 0. The number of rotatable bonds is 1. The van der Waals surface area contributed by atoms with Crippen molar-refractivity contribution in [3.8, 4) is 0 Å². The average molecular weight is 276 g/mol. The minimum atomic E-state index is 0.484. The van der Waals surface area contributed by atoms with E-state index >= 15 is 0 Å². The largest absolute Gasteiger partial charge is 0.352 e. The molecule has 0 N–H and O–H groups in total. The Morgan fingerprint density at radius 2 is 1.89 bits per heavy atom. The summed E-state index contributed by atoms with van der Waals surface area (Å²) in [7, 11) is 0. The molecule has 0 radical (unpaired) electrons. The standard InChI is InChI=1S/C15H18ClN3/c1-10-7-8-19(11(2)9-10)15-13-6-4-3-5-12(13)14(16)17-18-15/h3-6,10-11H,7-9H2,1-2H3. The molecule has 1 aliphatic rings. The Labute approximate surface area is 118 Å². The summed E-state index contributed by atoms with van der Waals surface area (Å²) in [5.41, 5.74) is 0. The van der Waals surface area contributed by atoms with Crippen LogP contribution in [0.15, 0.2) is 24.3 Å². The smallest absolute Gasteiger partial charge is 0.159 e. The van der Waals surface area contributed by atoms with Gasteiger partial charge in [-0.1, -0.05) is 42.8 Å². The van der Waals surface area contributed by atoms with Crippen molar-refractivity contribution in [1.82, 2.24) is 10.2 Å². The maximum atomic E-state index is 6.14. The van der Waals surface area contributed by atoms with Crippen LogP contribution in [0, 0.1) is 5.92 Å². The van der Waals surface area contributed by atoms with Gasteiger partial charge in [0.15, 0.2) is 11.0 Å². The number of piperidine rings is 1. The summed E-state index contributed by atoms with van der Waals surface area (Å²) in [4.78, 5) is 2.37. The maximum Gasteiger partial charge on any atom is 0.159 e. The lowest BCUT2D eigenvalue weighted by Gasteiger charge is -2.37. The molecule has 0 spiro atoms. The van der Waals surface area contributed by atoms with E-state index in [1.165, 1.54) is 12.8 Å². The Morgan fingerprint density at radius 1 is 1.16 bits per heavy atom. The third-order valence-electron chi connectivity index (χ3n) is 4.03. The van der Waals surface area contributed by atoms with Crippen LogP contribution in [0.25, 0.3) is 10.8 Å². The molecule has 0 saturated carbocycles. The van der Waals surface area contributed by atoms with Gasteiger partial charge in [0.25, 0.3) is 0 Å². The zero-order valence-corrected chi connectivity index (χ0v) is 12.1. The number of hydrogen-bond acceptors (Lipinski definition) is 3. The monoisotopic (exact) mass is 275 g/mol. The molecule has 3 nitrogen and oxygen atoms in total. The predicted octanol–water partition coefficient (Wildman–Crippen LogP) is 3.91. The van der Waals surface area contributed by atoms with E-state index in [1.54, 1.807) is 0 Å². The van der Waals surface area contributed by atoms with Crippen LogP contribution in [0.5, 0.6) is 0 Å². The van der Waals surface area contributed by atoms with Crippen molar-refractivity contribution in [2.45, 2.75) is 32.7 Å². The highest BCUT2D eigenvalue weighted by atomic mass is 35.5. The van der Waals surface area contributed by atoms with Gasteiger partial charge in [-0.3, -0.25) is 0 Å². The minimum absolute atomic E-state index is 0.484. The number of halogens is 1. The zero-order chi connectivity index (χ0) is 13.4. The first-order valence-corrected chi connectivity index (χ1v) is 7.22. The Balaban J connectivity index is 2.08. The Kier molecular flexibility index (Phi) is 3.31. The number of anilines is 1. The summed E-state index contributed by atoms with van der Waals surface area (Å²) in [5.74, 6) is 1.76. The fraction of sp³-hybridized carbons (Fsp3) is 0.467. The molecule has 1 aromatic heterocycles. The molecule has 1 aliphatic heterocycles. The summed E-state index contributed by atoms with van der Waals surface area (Å²) in [6.07, 6.45) is 2.42. The van der Waals surface area contributed by atoms with Crippen LogP contribution in [0.1, 0.15) is 26.7 Å². The molecule has 1 aromatic carbocycles. The van der Waals surface area contributed by atoms with Crippen molar-refractivity contribution in [3.05, 3.63) is 29.4 Å². The van der Waals surface area contributed by atoms with Crippen LogP contribution in [0.2, 0.25) is 5.15 Å². The summed E-state index contributed by atoms with van der Waals surface area (Å²) >= 11 is 6.14. The van der Waals surface area contributed by atoms with E-state index in [0.29, 0.717) is 11.2 Å². The van der Waals surface area contributed by atoms with E-state index < -0.39 is 0 Å². The van der Waals surface area contributed by atoms with Gasteiger partial charge in [0.1, 0.15) is 0 Å². The molecule has 3 rings (SSSR count). The van der Waals surface area contributed by atoms with Gasteiger partial charge >= 0.3 is 0 Å². The quantitative estimate of drug-likeness (QED) is 0.790. The molecule has 2 unspecified atom stereocenters. The SMILES string of the molecule is CC1CCN(c2nnc(Cl)c3ccccc23)C(C)C1. The number of nitrogens with zero attached hydrogens (tertiary/aromatic N) is 3. The fourth-order valence-corrected chi connectivity index (χ4v) is 3.19. The van der Waals surface area contributed by atoms with Crippen molar-refractivity contribution < 1.29 is 0 Å². The molecule has 19 heavy (non-hydrogen) atoms. The van der Waals surface area contributed by atoms with E-state index in [9.17, 15) is 0 Å². The molecule has 0 bridgehead atoms. The van der Waals surface area contributed by atoms with Crippen molar-refractivity contribution in [1.29, 1.82) is 0 Å². The van der Waals surface area contributed by atoms with Gasteiger partial charge in [-0.05, 0) is 25.7 Å². The van der Waals surface area contributed by atoms with Gasteiger partial charge in [-0.15, -0.1) is 10.2 Å². The van der Waals surface area contributed by atoms with Crippen LogP contribution < -0.4 is 4.90 Å². The second kappa shape index (κ2) is 4.97. The molecular formula is C15H18ClN3. The van der Waals surface area contributed by atoms with Crippen molar-refractivity contribution in [2.24, 2.45) is 5.92 Å². The van der Waals surface area contributed by atoms with Gasteiger partial charge in [0, 0.05) is 23.4 Å². The van der Waals surface area contributed by atoms with E-state index in [1.807, 2.05) is 18.2 Å². The number of benzene rings is 1. The molecule has 2 heterocycles. The summed E-state index contributed by atoms with van der Waals surface area (Å²) < 4.78 is 0. The van der Waals surface area contributed by atoms with E-state index in [2.05, 4.69) is 35.0 Å². The second-order valence-electron chi connectivity index (χ2n) is 5.53. The van der Waals surface area contributed by atoms with Crippen molar-refractivity contribution in [2.75, 3.05) is 11.4 Å². The molecular weight excluding hydrogens is 258 g/mol. The maximum absolute atomic E-state index is 6.14. The normalized spacial score (nSPS) is 23.8. The third kappa shape index (κ3) is 2.27. The van der Waals surface area contributed by atoms with Gasteiger partial charge in [0.2, 0.25) is 0 Å². The summed E-state index contributed by atoms with van der Waals surface area (Å²) in [5, 5.41) is 11.0.